The Morgan fingerprint density at radius 1 is 1.31 bits per heavy atom. The van der Waals surface area contributed by atoms with Gasteiger partial charge in [0.2, 0.25) is 0 Å². The first kappa shape index (κ1) is 11.0. The Bertz CT molecular complexity index is 174. The lowest BCUT2D eigenvalue weighted by Gasteiger charge is -2.44. The number of aliphatic hydroxyl groups is 1. The summed E-state index contributed by atoms with van der Waals surface area (Å²) in [6.45, 7) is 8.98. The van der Waals surface area contributed by atoms with Crippen molar-refractivity contribution in [3.63, 3.8) is 0 Å². The third-order valence-electron chi connectivity index (χ3n) is 3.15. The maximum absolute atomic E-state index is 10.4. The molecule has 2 atom stereocenters. The smallest absolute Gasteiger partial charge is 0.0655 e. The molecule has 1 nitrogen and oxygen atoms in total. The molecule has 0 spiro atoms. The Morgan fingerprint density at radius 3 is 2.38 bits per heavy atom. The minimum absolute atomic E-state index is 0.335. The van der Waals surface area contributed by atoms with Crippen molar-refractivity contribution in [3.05, 3.63) is 0 Å². The highest BCUT2D eigenvalue weighted by Crippen LogP contribution is 2.45. The average molecular weight is 184 g/mol. The van der Waals surface area contributed by atoms with Gasteiger partial charge in [-0.1, -0.05) is 34.1 Å². The van der Waals surface area contributed by atoms with Crippen molar-refractivity contribution in [3.8, 4) is 0 Å². The molecular formula is C12H24O. The summed E-state index contributed by atoms with van der Waals surface area (Å²) < 4.78 is 0. The van der Waals surface area contributed by atoms with Crippen LogP contribution >= 0.6 is 0 Å². The average Bonchev–Trinajstić information content (AvgIpc) is 1.78. The number of hydrogen-bond donors (Lipinski definition) is 1. The van der Waals surface area contributed by atoms with Crippen LogP contribution in [-0.2, 0) is 0 Å². The summed E-state index contributed by atoms with van der Waals surface area (Å²) in [5, 5.41) is 10.4. The third-order valence-corrected chi connectivity index (χ3v) is 3.15. The van der Waals surface area contributed by atoms with Crippen LogP contribution in [0.25, 0.3) is 0 Å². The van der Waals surface area contributed by atoms with Gasteiger partial charge in [0.1, 0.15) is 0 Å². The molecule has 1 saturated carbocycles. The lowest BCUT2D eigenvalue weighted by atomic mass is 9.65. The maximum atomic E-state index is 10.4. The van der Waals surface area contributed by atoms with E-state index < -0.39 is 0 Å². The summed E-state index contributed by atoms with van der Waals surface area (Å²) in [5.74, 6) is 0.681. The minimum atomic E-state index is -0.365. The van der Waals surface area contributed by atoms with Gasteiger partial charge in [-0.25, -0.2) is 0 Å². The molecule has 0 radical (unpaired) electrons. The van der Waals surface area contributed by atoms with E-state index in [0.717, 1.165) is 25.7 Å². The highest BCUT2D eigenvalue weighted by Gasteiger charge is 2.40. The van der Waals surface area contributed by atoms with E-state index in [2.05, 4.69) is 27.7 Å². The van der Waals surface area contributed by atoms with E-state index in [9.17, 15) is 5.11 Å². The van der Waals surface area contributed by atoms with E-state index in [1.165, 1.54) is 6.42 Å². The minimum Gasteiger partial charge on any atom is -0.390 e. The third kappa shape index (κ3) is 2.98. The van der Waals surface area contributed by atoms with Crippen LogP contribution in [0.4, 0.5) is 0 Å². The lowest BCUT2D eigenvalue weighted by molar-refractivity contribution is -0.0639. The van der Waals surface area contributed by atoms with Crippen LogP contribution in [0, 0.1) is 11.3 Å². The molecule has 1 N–H and O–H groups in total. The summed E-state index contributed by atoms with van der Waals surface area (Å²) >= 11 is 0. The molecule has 1 aliphatic rings. The zero-order valence-electron chi connectivity index (χ0n) is 9.56. The van der Waals surface area contributed by atoms with Crippen molar-refractivity contribution in [2.75, 3.05) is 0 Å². The molecule has 0 aliphatic heterocycles. The van der Waals surface area contributed by atoms with Gasteiger partial charge in [-0.15, -0.1) is 0 Å². The molecule has 1 fully saturated rings. The Balaban J connectivity index is 2.66. The zero-order valence-corrected chi connectivity index (χ0v) is 9.56. The Kier molecular flexibility index (Phi) is 3.06. The van der Waals surface area contributed by atoms with Crippen molar-refractivity contribution in [1.29, 1.82) is 0 Å². The van der Waals surface area contributed by atoms with Gasteiger partial charge in [0.05, 0.1) is 5.60 Å². The van der Waals surface area contributed by atoms with Gasteiger partial charge in [-0.05, 0) is 37.0 Å². The number of rotatable bonds is 2. The highest BCUT2D eigenvalue weighted by atomic mass is 16.3. The monoisotopic (exact) mass is 184 g/mol. The standard InChI is InChI=1S/C12H24O/c1-5-6-12(13)8-10(2)7-11(3,4)9-12/h10,13H,5-9H2,1-4H3. The van der Waals surface area contributed by atoms with Crippen LogP contribution in [0.2, 0.25) is 0 Å². The summed E-state index contributed by atoms with van der Waals surface area (Å²) in [5.41, 5.74) is -0.0303. The van der Waals surface area contributed by atoms with E-state index in [1.54, 1.807) is 0 Å². The van der Waals surface area contributed by atoms with E-state index >= 15 is 0 Å². The molecule has 0 aromatic rings. The largest absolute Gasteiger partial charge is 0.390 e. The molecule has 1 aliphatic carbocycles. The van der Waals surface area contributed by atoms with Crippen molar-refractivity contribution in [2.45, 2.75) is 65.4 Å². The fourth-order valence-corrected chi connectivity index (χ4v) is 3.36. The van der Waals surface area contributed by atoms with E-state index in [1.807, 2.05) is 0 Å². The molecular weight excluding hydrogens is 160 g/mol. The summed E-state index contributed by atoms with van der Waals surface area (Å²) in [6.07, 6.45) is 5.32. The lowest BCUT2D eigenvalue weighted by Crippen LogP contribution is -2.41. The predicted molar refractivity (Wildman–Crippen MR) is 56.7 cm³/mol. The first-order valence-electron chi connectivity index (χ1n) is 5.59. The number of hydrogen-bond acceptors (Lipinski definition) is 1. The van der Waals surface area contributed by atoms with Crippen LogP contribution in [0.15, 0.2) is 0 Å². The quantitative estimate of drug-likeness (QED) is 0.697. The molecule has 1 rings (SSSR count). The summed E-state index contributed by atoms with van der Waals surface area (Å²) in [7, 11) is 0. The van der Waals surface area contributed by atoms with Crippen molar-refractivity contribution >= 4 is 0 Å². The van der Waals surface area contributed by atoms with Crippen LogP contribution in [0.3, 0.4) is 0 Å². The van der Waals surface area contributed by atoms with E-state index in [4.69, 9.17) is 0 Å². The molecule has 78 valence electrons. The Labute approximate surface area is 82.5 Å². The van der Waals surface area contributed by atoms with Gasteiger partial charge in [0.15, 0.2) is 0 Å². The second-order valence-corrected chi connectivity index (χ2v) is 5.83. The molecule has 0 saturated heterocycles. The van der Waals surface area contributed by atoms with Crippen molar-refractivity contribution in [1.82, 2.24) is 0 Å². The van der Waals surface area contributed by atoms with Crippen molar-refractivity contribution in [2.24, 2.45) is 11.3 Å². The molecule has 0 bridgehead atoms. The van der Waals surface area contributed by atoms with Crippen LogP contribution in [0.5, 0.6) is 0 Å². The molecule has 13 heavy (non-hydrogen) atoms. The fourth-order valence-electron chi connectivity index (χ4n) is 3.36. The molecule has 0 amide bonds. The van der Waals surface area contributed by atoms with Gasteiger partial charge in [0, 0.05) is 0 Å². The topological polar surface area (TPSA) is 20.2 Å². The zero-order chi connectivity index (χ0) is 10.1. The highest BCUT2D eigenvalue weighted by molar-refractivity contribution is 4.92. The molecule has 0 heterocycles. The predicted octanol–water partition coefficient (Wildman–Crippen LogP) is 3.36. The molecule has 2 unspecified atom stereocenters. The SMILES string of the molecule is CCCC1(O)CC(C)CC(C)(C)C1. The van der Waals surface area contributed by atoms with Crippen LogP contribution in [0.1, 0.15) is 59.8 Å². The summed E-state index contributed by atoms with van der Waals surface area (Å²) in [6, 6.07) is 0. The maximum Gasteiger partial charge on any atom is 0.0655 e. The molecule has 1 heteroatoms. The van der Waals surface area contributed by atoms with Crippen molar-refractivity contribution < 1.29 is 5.11 Å². The van der Waals surface area contributed by atoms with Gasteiger partial charge in [0.25, 0.3) is 0 Å². The first-order valence-corrected chi connectivity index (χ1v) is 5.59. The second-order valence-electron chi connectivity index (χ2n) is 5.83. The van der Waals surface area contributed by atoms with Gasteiger partial charge in [-0.2, -0.15) is 0 Å². The van der Waals surface area contributed by atoms with Crippen LogP contribution in [-0.4, -0.2) is 10.7 Å². The Morgan fingerprint density at radius 2 is 1.92 bits per heavy atom. The van der Waals surface area contributed by atoms with Gasteiger partial charge >= 0.3 is 0 Å². The molecule has 0 aromatic heterocycles. The fraction of sp³-hybridized carbons (Fsp3) is 1.00. The normalized spacial score (nSPS) is 39.0. The van der Waals surface area contributed by atoms with E-state index in [0.29, 0.717) is 11.3 Å². The van der Waals surface area contributed by atoms with Gasteiger partial charge in [-0.3, -0.25) is 0 Å². The van der Waals surface area contributed by atoms with E-state index in [-0.39, 0.29) is 5.60 Å². The first-order chi connectivity index (χ1) is 5.87. The van der Waals surface area contributed by atoms with Gasteiger partial charge < -0.3 is 5.11 Å². The second kappa shape index (κ2) is 3.61. The molecule has 0 aromatic carbocycles. The Hall–Kier alpha value is -0.0400. The van der Waals surface area contributed by atoms with Crippen LogP contribution < -0.4 is 0 Å². The summed E-state index contributed by atoms with van der Waals surface area (Å²) in [4.78, 5) is 0.